The highest BCUT2D eigenvalue weighted by molar-refractivity contribution is 5.96. The van der Waals surface area contributed by atoms with Gasteiger partial charge in [0, 0.05) is 11.6 Å². The molecule has 0 spiro atoms. The maximum Gasteiger partial charge on any atom is 0.227 e. The molecule has 1 heterocycles. The molecule has 4 heteroatoms. The van der Waals surface area contributed by atoms with Crippen molar-refractivity contribution in [3.05, 3.63) is 90.5 Å². The van der Waals surface area contributed by atoms with Gasteiger partial charge in [-0.3, -0.25) is 0 Å². The number of benzene rings is 4. The van der Waals surface area contributed by atoms with E-state index in [0.29, 0.717) is 18.4 Å². The number of nitrogens with zero attached hydrogens (tertiary/aromatic N) is 1. The van der Waals surface area contributed by atoms with Crippen LogP contribution in [0.5, 0.6) is 11.5 Å². The molecule has 1 aromatic heterocycles. The Morgan fingerprint density at radius 1 is 0.771 bits per heavy atom. The minimum atomic E-state index is 0.544. The van der Waals surface area contributed by atoms with Crippen LogP contribution in [0.2, 0.25) is 0 Å². The molecule has 5 aromatic rings. The second-order valence-corrected chi connectivity index (χ2v) is 9.43. The lowest BCUT2D eigenvalue weighted by Crippen LogP contribution is -2.15. The Kier molecular flexibility index (Phi) is 6.10. The highest BCUT2D eigenvalue weighted by Gasteiger charge is 2.16. The number of ether oxygens (including phenoxy) is 2. The molecule has 0 radical (unpaired) electrons. The number of fused-ring (bicyclic) bond motifs is 2. The normalized spacial score (nSPS) is 14.4. The zero-order chi connectivity index (χ0) is 23.5. The molecule has 0 bridgehead atoms. The first-order valence-electron chi connectivity index (χ1n) is 12.6. The van der Waals surface area contributed by atoms with Crippen LogP contribution in [0.25, 0.3) is 33.3 Å². The number of rotatable bonds is 7. The van der Waals surface area contributed by atoms with Gasteiger partial charge >= 0.3 is 0 Å². The van der Waals surface area contributed by atoms with Gasteiger partial charge in [-0.25, -0.2) is 4.98 Å². The summed E-state index contributed by atoms with van der Waals surface area (Å²) in [5.41, 5.74) is 3.71. The Hall–Kier alpha value is -3.79. The molecule has 35 heavy (non-hydrogen) atoms. The second kappa shape index (κ2) is 9.83. The Bertz CT molecular complexity index is 1430. The third-order valence-corrected chi connectivity index (χ3v) is 6.90. The van der Waals surface area contributed by atoms with Crippen molar-refractivity contribution < 1.29 is 13.9 Å². The minimum Gasteiger partial charge on any atom is -0.493 e. The van der Waals surface area contributed by atoms with E-state index in [4.69, 9.17) is 18.9 Å². The van der Waals surface area contributed by atoms with E-state index in [-0.39, 0.29) is 0 Å². The van der Waals surface area contributed by atoms with Crippen molar-refractivity contribution in [2.24, 2.45) is 5.92 Å². The summed E-state index contributed by atoms with van der Waals surface area (Å²) in [7, 11) is 0. The standard InChI is InChI=1S/C31H29NO3/c1-3-8-22(9-4-1)20-33-25-14-16-27-24(18-25)12-7-13-28(27)31-32-29-17-15-26(19-30(29)35-31)34-21-23-10-5-2-6-11-23/h1,3-4,7-9,12-19,23H,2,5-6,10-11,20-21H2. The lowest BCUT2D eigenvalue weighted by atomic mass is 9.90. The van der Waals surface area contributed by atoms with Crippen molar-refractivity contribution in [2.75, 3.05) is 6.61 Å². The van der Waals surface area contributed by atoms with Crippen LogP contribution in [0.4, 0.5) is 0 Å². The average Bonchev–Trinajstić information content (AvgIpc) is 3.35. The molecule has 1 fully saturated rings. The lowest BCUT2D eigenvalue weighted by Gasteiger charge is -2.21. The molecule has 1 saturated carbocycles. The molecular formula is C31H29NO3. The van der Waals surface area contributed by atoms with E-state index >= 15 is 0 Å². The molecule has 1 aliphatic carbocycles. The summed E-state index contributed by atoms with van der Waals surface area (Å²) < 4.78 is 18.3. The zero-order valence-electron chi connectivity index (χ0n) is 19.8. The molecule has 0 saturated heterocycles. The first kappa shape index (κ1) is 21.7. The summed E-state index contributed by atoms with van der Waals surface area (Å²) in [6, 6.07) is 28.5. The Balaban J connectivity index is 1.22. The molecule has 176 valence electrons. The molecule has 1 aliphatic rings. The van der Waals surface area contributed by atoms with E-state index in [1.54, 1.807) is 0 Å². The summed E-state index contributed by atoms with van der Waals surface area (Å²) in [5.74, 6) is 2.98. The molecule has 0 atom stereocenters. The van der Waals surface area contributed by atoms with Crippen LogP contribution in [0.3, 0.4) is 0 Å². The predicted molar refractivity (Wildman–Crippen MR) is 140 cm³/mol. The topological polar surface area (TPSA) is 44.5 Å². The summed E-state index contributed by atoms with van der Waals surface area (Å²) in [5, 5.41) is 2.17. The molecule has 4 aromatic carbocycles. The number of hydrogen-bond acceptors (Lipinski definition) is 4. The number of hydrogen-bond donors (Lipinski definition) is 0. The van der Waals surface area contributed by atoms with Crippen LogP contribution in [0.15, 0.2) is 89.3 Å². The Morgan fingerprint density at radius 2 is 1.60 bits per heavy atom. The van der Waals surface area contributed by atoms with Crippen molar-refractivity contribution in [3.63, 3.8) is 0 Å². The van der Waals surface area contributed by atoms with Gasteiger partial charge in [-0.15, -0.1) is 0 Å². The van der Waals surface area contributed by atoms with Gasteiger partial charge < -0.3 is 13.9 Å². The van der Waals surface area contributed by atoms with Crippen molar-refractivity contribution in [1.29, 1.82) is 0 Å². The van der Waals surface area contributed by atoms with Gasteiger partial charge in [0.1, 0.15) is 23.6 Å². The summed E-state index contributed by atoms with van der Waals surface area (Å²) in [6.45, 7) is 1.33. The molecule has 0 N–H and O–H groups in total. The Morgan fingerprint density at radius 3 is 2.49 bits per heavy atom. The van der Waals surface area contributed by atoms with Gasteiger partial charge in [0.15, 0.2) is 5.58 Å². The average molecular weight is 464 g/mol. The molecule has 4 nitrogen and oxygen atoms in total. The van der Waals surface area contributed by atoms with Crippen molar-refractivity contribution >= 4 is 21.9 Å². The fourth-order valence-electron chi connectivity index (χ4n) is 4.96. The van der Waals surface area contributed by atoms with Crippen molar-refractivity contribution in [3.8, 4) is 23.0 Å². The highest BCUT2D eigenvalue weighted by atomic mass is 16.5. The van der Waals surface area contributed by atoms with Crippen LogP contribution < -0.4 is 9.47 Å². The summed E-state index contributed by atoms with van der Waals surface area (Å²) >= 11 is 0. The SMILES string of the molecule is c1ccc(COc2ccc3c(-c4nc5ccc(OCC6CCCCC6)cc5o4)cccc3c2)cc1. The zero-order valence-corrected chi connectivity index (χ0v) is 19.8. The molecule has 6 rings (SSSR count). The summed E-state index contributed by atoms with van der Waals surface area (Å²) in [6.07, 6.45) is 6.55. The van der Waals surface area contributed by atoms with Gasteiger partial charge in [-0.2, -0.15) is 0 Å². The van der Waals surface area contributed by atoms with Crippen LogP contribution in [0, 0.1) is 5.92 Å². The largest absolute Gasteiger partial charge is 0.493 e. The van der Waals surface area contributed by atoms with Crippen LogP contribution >= 0.6 is 0 Å². The Labute approximate surface area is 205 Å². The number of aromatic nitrogens is 1. The van der Waals surface area contributed by atoms with Crippen molar-refractivity contribution in [1.82, 2.24) is 4.98 Å². The van der Waals surface area contributed by atoms with E-state index < -0.39 is 0 Å². The third kappa shape index (κ3) is 4.88. The monoisotopic (exact) mass is 463 g/mol. The number of oxazole rings is 1. The molecule has 0 aliphatic heterocycles. The van der Waals surface area contributed by atoms with E-state index in [1.165, 1.54) is 32.1 Å². The second-order valence-electron chi connectivity index (χ2n) is 9.43. The first-order chi connectivity index (χ1) is 17.3. The quantitative estimate of drug-likeness (QED) is 0.244. The van der Waals surface area contributed by atoms with Gasteiger partial charge in [0.25, 0.3) is 0 Å². The van der Waals surface area contributed by atoms with E-state index in [2.05, 4.69) is 36.4 Å². The fourth-order valence-corrected chi connectivity index (χ4v) is 4.96. The molecule has 0 unspecified atom stereocenters. The van der Waals surface area contributed by atoms with Crippen LogP contribution in [0.1, 0.15) is 37.7 Å². The van der Waals surface area contributed by atoms with Gasteiger partial charge in [-0.1, -0.05) is 61.7 Å². The van der Waals surface area contributed by atoms with Gasteiger partial charge in [0.2, 0.25) is 5.89 Å². The summed E-state index contributed by atoms with van der Waals surface area (Å²) in [4.78, 5) is 4.77. The maximum absolute atomic E-state index is 6.21. The van der Waals surface area contributed by atoms with Gasteiger partial charge in [-0.05, 0) is 71.5 Å². The smallest absolute Gasteiger partial charge is 0.227 e. The fraction of sp³-hybridized carbons (Fsp3) is 0.258. The van der Waals surface area contributed by atoms with E-state index in [9.17, 15) is 0 Å². The van der Waals surface area contributed by atoms with Crippen molar-refractivity contribution in [2.45, 2.75) is 38.7 Å². The van der Waals surface area contributed by atoms with Crippen LogP contribution in [-0.2, 0) is 6.61 Å². The maximum atomic E-state index is 6.21. The van der Waals surface area contributed by atoms with Crippen LogP contribution in [-0.4, -0.2) is 11.6 Å². The van der Waals surface area contributed by atoms with Gasteiger partial charge in [0.05, 0.1) is 6.61 Å². The molecular weight excluding hydrogens is 434 g/mol. The van der Waals surface area contributed by atoms with E-state index in [1.807, 2.05) is 48.5 Å². The highest BCUT2D eigenvalue weighted by Crippen LogP contribution is 2.34. The lowest BCUT2D eigenvalue weighted by molar-refractivity contribution is 0.209. The first-order valence-corrected chi connectivity index (χ1v) is 12.6. The van der Waals surface area contributed by atoms with E-state index in [0.717, 1.165) is 51.1 Å². The predicted octanol–water partition coefficient (Wildman–Crippen LogP) is 8.19. The third-order valence-electron chi connectivity index (χ3n) is 6.90. The molecule has 0 amide bonds. The minimum absolute atomic E-state index is 0.544.